The van der Waals surface area contributed by atoms with Gasteiger partial charge in [0.1, 0.15) is 5.82 Å². The Morgan fingerprint density at radius 3 is 2.96 bits per heavy atom. The van der Waals surface area contributed by atoms with Crippen LogP contribution in [-0.4, -0.2) is 33.6 Å². The summed E-state index contributed by atoms with van der Waals surface area (Å²) in [5.41, 5.74) is 1.36. The topological polar surface area (TPSA) is 79.2 Å². The summed E-state index contributed by atoms with van der Waals surface area (Å²) in [7, 11) is 0. The predicted molar refractivity (Wildman–Crippen MR) is 88.5 cm³/mol. The van der Waals surface area contributed by atoms with E-state index in [1.165, 1.54) is 12.1 Å². The molecule has 0 spiro atoms. The summed E-state index contributed by atoms with van der Waals surface area (Å²) in [4.78, 5) is 12.0. The minimum atomic E-state index is -0.368. The van der Waals surface area contributed by atoms with Gasteiger partial charge in [0.05, 0.1) is 5.69 Å². The summed E-state index contributed by atoms with van der Waals surface area (Å²) in [5, 5.41) is 18.9. The predicted octanol–water partition coefficient (Wildman–Crippen LogP) is 2.38. The minimum absolute atomic E-state index is 0.0769. The number of hydrogen-bond acceptors (Lipinski definition) is 3. The molecule has 0 saturated heterocycles. The van der Waals surface area contributed by atoms with Crippen molar-refractivity contribution in [1.29, 1.82) is 0 Å². The number of carbonyl (C=O) groups excluding carboxylic acids is 1. The van der Waals surface area contributed by atoms with Crippen LogP contribution in [-0.2, 0) is 0 Å². The summed E-state index contributed by atoms with van der Waals surface area (Å²) in [6, 6.07) is 7.33. The molecule has 6 nitrogen and oxygen atoms in total. The maximum atomic E-state index is 13.3. The molecule has 3 N–H and O–H groups in total. The second kappa shape index (κ2) is 6.84. The maximum absolute atomic E-state index is 13.3. The first kappa shape index (κ1) is 16.2. The number of nitrogens with zero attached hydrogens (tertiary/aromatic N) is 2. The molecule has 3 rings (SSSR count). The number of aliphatic hydroxyl groups is 1. The van der Waals surface area contributed by atoms with Crippen molar-refractivity contribution in [2.45, 2.75) is 19.4 Å². The number of aromatic nitrogens is 2. The van der Waals surface area contributed by atoms with E-state index < -0.39 is 0 Å². The highest BCUT2D eigenvalue weighted by molar-refractivity contribution is 5.88. The van der Waals surface area contributed by atoms with Gasteiger partial charge in [-0.25, -0.2) is 13.9 Å². The second-order valence-corrected chi connectivity index (χ2v) is 5.83. The summed E-state index contributed by atoms with van der Waals surface area (Å²) < 4.78 is 14.9. The van der Waals surface area contributed by atoms with Gasteiger partial charge < -0.3 is 10.4 Å². The van der Waals surface area contributed by atoms with E-state index in [4.69, 9.17) is 5.11 Å². The fourth-order valence-electron chi connectivity index (χ4n) is 2.74. The average Bonchev–Trinajstić information content (AvgIpc) is 3.13. The molecule has 0 bridgehead atoms. The molecule has 7 heteroatoms. The van der Waals surface area contributed by atoms with Crippen molar-refractivity contribution in [2.75, 3.05) is 11.9 Å². The summed E-state index contributed by atoms with van der Waals surface area (Å²) in [5.74, 6) is 0.126. The van der Waals surface area contributed by atoms with E-state index in [1.807, 2.05) is 19.1 Å². The van der Waals surface area contributed by atoms with Crippen LogP contribution in [0.25, 0.3) is 5.69 Å². The van der Waals surface area contributed by atoms with E-state index in [0.29, 0.717) is 17.9 Å². The van der Waals surface area contributed by atoms with Crippen molar-refractivity contribution >= 4 is 11.8 Å². The van der Waals surface area contributed by atoms with Crippen molar-refractivity contribution in [2.24, 2.45) is 5.92 Å². The van der Waals surface area contributed by atoms with E-state index in [1.54, 1.807) is 22.9 Å². The monoisotopic (exact) mass is 330 g/mol. The number of aryl methyl sites for hydroxylation is 1. The lowest BCUT2D eigenvalue weighted by molar-refractivity contribution is 0.238. The standard InChI is InChI=1S/C17H19FN4O2/c1-11-7-16(21-22(11)15-4-2-3-13(18)9-15)20-17(24)19-14-6-5-12(8-14)10-23/h2-7,9,12,14,23H,8,10H2,1H3,(H2,19,20,21,24)/t12-,14+/m0/s1. The molecule has 0 aliphatic heterocycles. The fraction of sp³-hybridized carbons (Fsp3) is 0.294. The van der Waals surface area contributed by atoms with Gasteiger partial charge in [0.2, 0.25) is 0 Å². The number of nitrogens with one attached hydrogen (secondary N) is 2. The molecule has 0 unspecified atom stereocenters. The number of urea groups is 1. The quantitative estimate of drug-likeness (QED) is 0.753. The first-order chi connectivity index (χ1) is 11.5. The number of hydrogen-bond donors (Lipinski definition) is 3. The number of rotatable bonds is 4. The van der Waals surface area contributed by atoms with E-state index in [-0.39, 0.29) is 30.4 Å². The third kappa shape index (κ3) is 3.62. The van der Waals surface area contributed by atoms with E-state index in [2.05, 4.69) is 15.7 Å². The molecule has 0 saturated carbocycles. The van der Waals surface area contributed by atoms with Gasteiger partial charge in [0.25, 0.3) is 0 Å². The Bertz CT molecular complexity index is 772. The lowest BCUT2D eigenvalue weighted by Gasteiger charge is -2.12. The van der Waals surface area contributed by atoms with E-state index in [0.717, 1.165) is 5.69 Å². The molecule has 1 aromatic heterocycles. The van der Waals surface area contributed by atoms with Crippen LogP contribution in [0.4, 0.5) is 15.0 Å². The minimum Gasteiger partial charge on any atom is -0.396 e. The van der Waals surface area contributed by atoms with Crippen LogP contribution in [0, 0.1) is 18.7 Å². The molecule has 2 amide bonds. The first-order valence-corrected chi connectivity index (χ1v) is 7.74. The Labute approximate surface area is 139 Å². The molecular weight excluding hydrogens is 311 g/mol. The third-order valence-corrected chi connectivity index (χ3v) is 3.91. The van der Waals surface area contributed by atoms with Gasteiger partial charge in [-0.15, -0.1) is 5.10 Å². The maximum Gasteiger partial charge on any atom is 0.320 e. The molecule has 1 aliphatic rings. The van der Waals surface area contributed by atoms with Crippen molar-refractivity contribution in [1.82, 2.24) is 15.1 Å². The van der Waals surface area contributed by atoms with Crippen LogP contribution in [0.3, 0.4) is 0 Å². The van der Waals surface area contributed by atoms with Crippen molar-refractivity contribution in [3.63, 3.8) is 0 Å². The highest BCUT2D eigenvalue weighted by Gasteiger charge is 2.20. The molecule has 2 atom stereocenters. The zero-order valence-electron chi connectivity index (χ0n) is 13.2. The lowest BCUT2D eigenvalue weighted by Crippen LogP contribution is -2.36. The molecule has 0 radical (unpaired) electrons. The van der Waals surface area contributed by atoms with E-state index in [9.17, 15) is 9.18 Å². The molecule has 1 aliphatic carbocycles. The molecule has 24 heavy (non-hydrogen) atoms. The van der Waals surface area contributed by atoms with Gasteiger partial charge in [0.15, 0.2) is 5.82 Å². The van der Waals surface area contributed by atoms with Crippen LogP contribution in [0.5, 0.6) is 0 Å². The largest absolute Gasteiger partial charge is 0.396 e. The highest BCUT2D eigenvalue weighted by Crippen LogP contribution is 2.18. The Kier molecular flexibility index (Phi) is 4.61. The molecule has 0 fully saturated rings. The van der Waals surface area contributed by atoms with Crippen molar-refractivity contribution in [3.8, 4) is 5.69 Å². The Morgan fingerprint density at radius 1 is 1.42 bits per heavy atom. The van der Waals surface area contributed by atoms with Gasteiger partial charge >= 0.3 is 6.03 Å². The molecular formula is C17H19FN4O2. The lowest BCUT2D eigenvalue weighted by atomic mass is 10.1. The van der Waals surface area contributed by atoms with Crippen molar-refractivity contribution in [3.05, 3.63) is 54.0 Å². The Hall–Kier alpha value is -2.67. The second-order valence-electron chi connectivity index (χ2n) is 5.83. The number of aliphatic hydroxyl groups excluding tert-OH is 1. The normalized spacial score (nSPS) is 19.5. The number of anilines is 1. The fourth-order valence-corrected chi connectivity index (χ4v) is 2.74. The van der Waals surface area contributed by atoms with Crippen molar-refractivity contribution < 1.29 is 14.3 Å². The molecule has 1 heterocycles. The van der Waals surface area contributed by atoms with Crippen LogP contribution in [0.2, 0.25) is 0 Å². The van der Waals surface area contributed by atoms with Crippen LogP contribution < -0.4 is 10.6 Å². The van der Waals surface area contributed by atoms with E-state index >= 15 is 0 Å². The molecule has 126 valence electrons. The summed E-state index contributed by atoms with van der Waals surface area (Å²) in [6.45, 7) is 1.90. The van der Waals surface area contributed by atoms with Crippen LogP contribution in [0.15, 0.2) is 42.5 Å². The Morgan fingerprint density at radius 2 is 2.25 bits per heavy atom. The number of amides is 2. The van der Waals surface area contributed by atoms with Crippen LogP contribution >= 0.6 is 0 Å². The van der Waals surface area contributed by atoms with Gasteiger partial charge in [-0.05, 0) is 31.5 Å². The van der Waals surface area contributed by atoms with Gasteiger partial charge in [-0.2, -0.15) is 0 Å². The molecule has 1 aromatic carbocycles. The number of halogens is 1. The van der Waals surface area contributed by atoms with Crippen LogP contribution in [0.1, 0.15) is 12.1 Å². The van der Waals surface area contributed by atoms with Gasteiger partial charge in [-0.1, -0.05) is 18.2 Å². The highest BCUT2D eigenvalue weighted by atomic mass is 19.1. The number of carbonyl (C=O) groups is 1. The zero-order valence-corrected chi connectivity index (χ0v) is 13.2. The number of benzene rings is 1. The molecule has 2 aromatic rings. The Balaban J connectivity index is 1.65. The summed E-state index contributed by atoms with van der Waals surface area (Å²) >= 11 is 0. The third-order valence-electron chi connectivity index (χ3n) is 3.91. The SMILES string of the molecule is Cc1cc(NC(=O)N[C@@H]2C=C[C@H](CO)C2)nn1-c1cccc(F)c1. The summed E-state index contributed by atoms with van der Waals surface area (Å²) in [6.07, 6.45) is 4.45. The zero-order chi connectivity index (χ0) is 17.1. The first-order valence-electron chi connectivity index (χ1n) is 7.74. The smallest absolute Gasteiger partial charge is 0.320 e. The van der Waals surface area contributed by atoms with Gasteiger partial charge in [-0.3, -0.25) is 5.32 Å². The van der Waals surface area contributed by atoms with Gasteiger partial charge in [0, 0.05) is 30.3 Å². The average molecular weight is 330 g/mol.